The molecule has 4 rings (SSSR count). The molecule has 3 amide bonds. The van der Waals surface area contributed by atoms with Gasteiger partial charge in [0.05, 0.1) is 6.54 Å². The van der Waals surface area contributed by atoms with Gasteiger partial charge in [0, 0.05) is 34.2 Å². The van der Waals surface area contributed by atoms with Crippen LogP contribution in [0.3, 0.4) is 0 Å². The van der Waals surface area contributed by atoms with E-state index in [4.69, 9.17) is 0 Å². The number of amides is 3. The van der Waals surface area contributed by atoms with Crippen molar-refractivity contribution in [2.75, 3.05) is 22.5 Å². The fraction of sp³-hybridized carbons (Fsp3) is 0.192. The molecular weight excluding hydrogens is 416 g/mol. The number of hydrogen-bond donors (Lipinski definition) is 4. The van der Waals surface area contributed by atoms with Gasteiger partial charge in [-0.1, -0.05) is 30.3 Å². The summed E-state index contributed by atoms with van der Waals surface area (Å²) in [5.41, 5.74) is 3.88. The SMILES string of the molecule is Cc1ccc(C(=O)Nc2ccccc2)cc1NCC(=O)Nc1cccc(C(=O)NC2CC2)c1. The minimum absolute atomic E-state index is 0.0170. The van der Waals surface area contributed by atoms with Gasteiger partial charge in [-0.3, -0.25) is 14.4 Å². The molecule has 7 heteroatoms. The normalized spacial score (nSPS) is 12.5. The van der Waals surface area contributed by atoms with Crippen molar-refractivity contribution in [2.45, 2.75) is 25.8 Å². The van der Waals surface area contributed by atoms with Gasteiger partial charge in [-0.25, -0.2) is 0 Å². The van der Waals surface area contributed by atoms with Crippen LogP contribution < -0.4 is 21.3 Å². The lowest BCUT2D eigenvalue weighted by Gasteiger charge is -2.13. The molecular formula is C26H26N4O3. The van der Waals surface area contributed by atoms with Crippen LogP contribution in [-0.4, -0.2) is 30.3 Å². The van der Waals surface area contributed by atoms with E-state index in [2.05, 4.69) is 21.3 Å². The second-order valence-corrected chi connectivity index (χ2v) is 8.08. The van der Waals surface area contributed by atoms with Crippen LogP contribution in [-0.2, 0) is 4.79 Å². The Kier molecular flexibility index (Phi) is 6.69. The van der Waals surface area contributed by atoms with Crippen LogP contribution in [0.4, 0.5) is 17.1 Å². The number of carbonyl (C=O) groups is 3. The van der Waals surface area contributed by atoms with E-state index in [1.807, 2.05) is 43.3 Å². The minimum Gasteiger partial charge on any atom is -0.376 e. The Morgan fingerprint density at radius 3 is 2.27 bits per heavy atom. The molecule has 1 saturated carbocycles. The maximum Gasteiger partial charge on any atom is 0.255 e. The van der Waals surface area contributed by atoms with Crippen molar-refractivity contribution in [1.29, 1.82) is 0 Å². The molecule has 0 atom stereocenters. The van der Waals surface area contributed by atoms with Gasteiger partial charge in [0.2, 0.25) is 5.91 Å². The van der Waals surface area contributed by atoms with Crippen LogP contribution in [0.5, 0.6) is 0 Å². The van der Waals surface area contributed by atoms with Crippen LogP contribution in [0, 0.1) is 6.92 Å². The number of para-hydroxylation sites is 1. The molecule has 4 N–H and O–H groups in total. The third-order valence-corrected chi connectivity index (χ3v) is 5.29. The van der Waals surface area contributed by atoms with Crippen LogP contribution in [0.1, 0.15) is 39.1 Å². The summed E-state index contributed by atoms with van der Waals surface area (Å²) in [6.45, 7) is 1.92. The molecule has 0 heterocycles. The van der Waals surface area contributed by atoms with Crippen LogP contribution in [0.2, 0.25) is 0 Å². The van der Waals surface area contributed by atoms with E-state index in [9.17, 15) is 14.4 Å². The van der Waals surface area contributed by atoms with Gasteiger partial charge in [0.15, 0.2) is 0 Å². The third kappa shape index (κ3) is 6.20. The number of carbonyl (C=O) groups excluding carboxylic acids is 3. The van der Waals surface area contributed by atoms with Crippen LogP contribution >= 0.6 is 0 Å². The molecule has 0 aromatic heterocycles. The fourth-order valence-electron chi connectivity index (χ4n) is 3.29. The minimum atomic E-state index is -0.256. The van der Waals surface area contributed by atoms with Gasteiger partial charge in [-0.15, -0.1) is 0 Å². The molecule has 3 aromatic carbocycles. The van der Waals surface area contributed by atoms with E-state index in [-0.39, 0.29) is 30.3 Å². The highest BCUT2D eigenvalue weighted by atomic mass is 16.2. The maximum absolute atomic E-state index is 12.6. The Hall–Kier alpha value is -4.13. The van der Waals surface area contributed by atoms with Crippen molar-refractivity contribution in [3.05, 3.63) is 89.5 Å². The molecule has 0 unspecified atom stereocenters. The molecule has 1 aliphatic rings. The molecule has 0 spiro atoms. The van der Waals surface area contributed by atoms with E-state index in [0.717, 1.165) is 18.4 Å². The van der Waals surface area contributed by atoms with Crippen molar-refractivity contribution in [3.63, 3.8) is 0 Å². The number of nitrogens with one attached hydrogen (secondary N) is 4. The van der Waals surface area contributed by atoms with Gasteiger partial charge in [-0.2, -0.15) is 0 Å². The number of anilines is 3. The quantitative estimate of drug-likeness (QED) is 0.420. The van der Waals surface area contributed by atoms with E-state index in [0.29, 0.717) is 28.2 Å². The first-order chi connectivity index (χ1) is 16.0. The van der Waals surface area contributed by atoms with Gasteiger partial charge in [-0.05, 0) is 67.8 Å². The van der Waals surface area contributed by atoms with E-state index >= 15 is 0 Å². The third-order valence-electron chi connectivity index (χ3n) is 5.29. The predicted molar refractivity (Wildman–Crippen MR) is 130 cm³/mol. The monoisotopic (exact) mass is 442 g/mol. The molecule has 0 bridgehead atoms. The lowest BCUT2D eigenvalue weighted by molar-refractivity contribution is -0.114. The lowest BCUT2D eigenvalue weighted by Crippen LogP contribution is -2.26. The summed E-state index contributed by atoms with van der Waals surface area (Å²) < 4.78 is 0. The Morgan fingerprint density at radius 2 is 1.52 bits per heavy atom. The average Bonchev–Trinajstić information content (AvgIpc) is 3.63. The summed E-state index contributed by atoms with van der Waals surface area (Å²) in [5.74, 6) is -0.615. The molecule has 168 valence electrons. The first-order valence-electron chi connectivity index (χ1n) is 10.9. The van der Waals surface area contributed by atoms with Gasteiger partial charge in [0.25, 0.3) is 11.8 Å². The molecule has 3 aromatic rings. The highest BCUT2D eigenvalue weighted by molar-refractivity contribution is 6.05. The summed E-state index contributed by atoms with van der Waals surface area (Å²) in [4.78, 5) is 37.3. The highest BCUT2D eigenvalue weighted by Crippen LogP contribution is 2.20. The first kappa shape index (κ1) is 22.1. The van der Waals surface area contributed by atoms with Crippen molar-refractivity contribution >= 4 is 34.8 Å². The summed E-state index contributed by atoms with van der Waals surface area (Å²) in [7, 11) is 0. The second-order valence-electron chi connectivity index (χ2n) is 8.08. The molecule has 33 heavy (non-hydrogen) atoms. The Bertz CT molecular complexity index is 1170. The second kappa shape index (κ2) is 9.99. The van der Waals surface area contributed by atoms with Crippen molar-refractivity contribution < 1.29 is 14.4 Å². The zero-order valence-corrected chi connectivity index (χ0v) is 18.4. The largest absolute Gasteiger partial charge is 0.376 e. The fourth-order valence-corrected chi connectivity index (χ4v) is 3.29. The Labute approximate surface area is 192 Å². The molecule has 1 aliphatic carbocycles. The Balaban J connectivity index is 1.34. The predicted octanol–water partition coefficient (Wildman–Crippen LogP) is 4.19. The van der Waals surface area contributed by atoms with Gasteiger partial charge >= 0.3 is 0 Å². The molecule has 0 radical (unpaired) electrons. The van der Waals surface area contributed by atoms with Crippen molar-refractivity contribution in [2.24, 2.45) is 0 Å². The number of aryl methyl sites for hydroxylation is 1. The first-order valence-corrected chi connectivity index (χ1v) is 10.9. The molecule has 0 saturated heterocycles. The topological polar surface area (TPSA) is 99.3 Å². The summed E-state index contributed by atoms with van der Waals surface area (Å²) in [5, 5.41) is 11.7. The zero-order chi connectivity index (χ0) is 23.2. The molecule has 0 aliphatic heterocycles. The smallest absolute Gasteiger partial charge is 0.255 e. The van der Waals surface area contributed by atoms with Crippen LogP contribution in [0.25, 0.3) is 0 Å². The zero-order valence-electron chi connectivity index (χ0n) is 18.4. The average molecular weight is 443 g/mol. The van der Waals surface area contributed by atoms with Crippen LogP contribution in [0.15, 0.2) is 72.8 Å². The maximum atomic E-state index is 12.6. The van der Waals surface area contributed by atoms with Crippen molar-refractivity contribution in [1.82, 2.24) is 5.32 Å². The number of benzene rings is 3. The van der Waals surface area contributed by atoms with Gasteiger partial charge < -0.3 is 21.3 Å². The lowest BCUT2D eigenvalue weighted by atomic mass is 10.1. The number of rotatable bonds is 8. The van der Waals surface area contributed by atoms with E-state index in [1.54, 1.807) is 36.4 Å². The summed E-state index contributed by atoms with van der Waals surface area (Å²) >= 11 is 0. The standard InChI is InChI=1S/C26H26N4O3/c1-17-10-11-19(26(33)29-20-7-3-2-4-8-20)15-23(17)27-16-24(31)28-22-9-5-6-18(14-22)25(32)30-21-12-13-21/h2-11,14-15,21,27H,12-13,16H2,1H3,(H,28,31)(H,29,33)(H,30,32). The number of hydrogen-bond acceptors (Lipinski definition) is 4. The molecule has 1 fully saturated rings. The summed E-state index contributed by atoms with van der Waals surface area (Å²) in [6.07, 6.45) is 2.03. The van der Waals surface area contributed by atoms with Gasteiger partial charge in [0.1, 0.15) is 0 Å². The van der Waals surface area contributed by atoms with E-state index in [1.165, 1.54) is 0 Å². The van der Waals surface area contributed by atoms with Crippen molar-refractivity contribution in [3.8, 4) is 0 Å². The molecule has 7 nitrogen and oxygen atoms in total. The van der Waals surface area contributed by atoms with E-state index < -0.39 is 0 Å². The summed E-state index contributed by atoms with van der Waals surface area (Å²) in [6, 6.07) is 21.7. The Morgan fingerprint density at radius 1 is 0.788 bits per heavy atom. The highest BCUT2D eigenvalue weighted by Gasteiger charge is 2.23.